The molecule has 0 aromatic heterocycles. The molecule has 218 valence electrons. The maximum atomic E-state index is 13.1. The van der Waals surface area contributed by atoms with Crippen LogP contribution in [0, 0.1) is 28.6 Å². The number of carbonyl (C=O) groups is 1. The van der Waals surface area contributed by atoms with Crippen molar-refractivity contribution in [3.05, 3.63) is 48.5 Å². The molecule has 4 heteroatoms. The number of benzene rings is 2. The predicted molar refractivity (Wildman–Crippen MR) is 164 cm³/mol. The van der Waals surface area contributed by atoms with Gasteiger partial charge in [-0.25, -0.2) is 4.79 Å². The van der Waals surface area contributed by atoms with Gasteiger partial charge in [0.15, 0.2) is 5.41 Å². The highest BCUT2D eigenvalue weighted by Crippen LogP contribution is 2.39. The van der Waals surface area contributed by atoms with E-state index in [9.17, 15) is 10.1 Å². The van der Waals surface area contributed by atoms with Crippen molar-refractivity contribution in [2.24, 2.45) is 17.3 Å². The van der Waals surface area contributed by atoms with Gasteiger partial charge in [0.2, 0.25) is 0 Å². The summed E-state index contributed by atoms with van der Waals surface area (Å²) in [6.45, 7) is 6.97. The van der Waals surface area contributed by atoms with Gasteiger partial charge in [0.05, 0.1) is 12.7 Å². The highest BCUT2D eigenvalue weighted by molar-refractivity contribution is 5.82. The first kappa shape index (κ1) is 31.7. The van der Waals surface area contributed by atoms with Crippen molar-refractivity contribution in [2.45, 2.75) is 117 Å². The Balaban J connectivity index is 1.45. The Morgan fingerprint density at radius 1 is 0.775 bits per heavy atom. The first-order chi connectivity index (χ1) is 19.5. The van der Waals surface area contributed by atoms with Crippen molar-refractivity contribution in [3.8, 4) is 28.7 Å². The molecule has 0 amide bonds. The van der Waals surface area contributed by atoms with Gasteiger partial charge in [-0.2, -0.15) is 5.26 Å². The lowest BCUT2D eigenvalue weighted by Gasteiger charge is -2.32. The zero-order valence-corrected chi connectivity index (χ0v) is 25.3. The molecular formula is C36H51NO3. The average molecular weight is 546 g/mol. The number of hydrogen-bond donors (Lipinski definition) is 0. The van der Waals surface area contributed by atoms with Crippen molar-refractivity contribution < 1.29 is 14.3 Å². The Kier molecular flexibility index (Phi) is 13.6. The average Bonchev–Trinajstić information content (AvgIpc) is 2.98. The van der Waals surface area contributed by atoms with Gasteiger partial charge in [0.25, 0.3) is 0 Å². The van der Waals surface area contributed by atoms with E-state index >= 15 is 0 Å². The third-order valence-corrected chi connectivity index (χ3v) is 8.60. The summed E-state index contributed by atoms with van der Waals surface area (Å²) in [4.78, 5) is 13.1. The Labute approximate surface area is 243 Å². The maximum Gasteiger partial charge on any atom is 0.331 e. The van der Waals surface area contributed by atoms with E-state index in [1.165, 1.54) is 70.6 Å². The molecular weight excluding hydrogens is 494 g/mol. The molecule has 2 aromatic carbocycles. The van der Waals surface area contributed by atoms with Gasteiger partial charge in [-0.1, -0.05) is 122 Å². The predicted octanol–water partition coefficient (Wildman–Crippen LogP) is 10.3. The molecule has 0 saturated heterocycles. The summed E-state index contributed by atoms with van der Waals surface area (Å²) in [6.07, 6.45) is 18.1. The van der Waals surface area contributed by atoms with Crippen molar-refractivity contribution in [1.29, 1.82) is 5.26 Å². The quantitative estimate of drug-likeness (QED) is 0.113. The second kappa shape index (κ2) is 17.1. The van der Waals surface area contributed by atoms with E-state index in [2.05, 4.69) is 32.0 Å². The normalized spacial score (nSPS) is 18.4. The number of hydrogen-bond acceptors (Lipinski definition) is 4. The number of ether oxygens (including phenoxy) is 2. The maximum absolute atomic E-state index is 13.1. The molecule has 4 nitrogen and oxygen atoms in total. The van der Waals surface area contributed by atoms with Crippen LogP contribution in [0.25, 0.3) is 11.1 Å². The highest BCUT2D eigenvalue weighted by atomic mass is 16.5. The van der Waals surface area contributed by atoms with E-state index in [-0.39, 0.29) is 0 Å². The molecule has 1 saturated carbocycles. The molecule has 40 heavy (non-hydrogen) atoms. The van der Waals surface area contributed by atoms with Crippen LogP contribution in [0.5, 0.6) is 11.5 Å². The third kappa shape index (κ3) is 10.3. The van der Waals surface area contributed by atoms with Crippen LogP contribution < -0.4 is 9.47 Å². The van der Waals surface area contributed by atoms with Gasteiger partial charge >= 0.3 is 5.97 Å². The number of esters is 1. The lowest BCUT2D eigenvalue weighted by atomic mass is 9.72. The summed E-state index contributed by atoms with van der Waals surface area (Å²) in [7, 11) is 0. The minimum Gasteiger partial charge on any atom is -0.494 e. The minimum atomic E-state index is -1.12. The number of nitriles is 1. The fourth-order valence-electron chi connectivity index (χ4n) is 5.91. The molecule has 0 spiro atoms. The van der Waals surface area contributed by atoms with Crippen LogP contribution in [0.2, 0.25) is 0 Å². The molecule has 0 bridgehead atoms. The Hall–Kier alpha value is -2.80. The third-order valence-electron chi connectivity index (χ3n) is 8.60. The van der Waals surface area contributed by atoms with Crippen LogP contribution in [0.4, 0.5) is 0 Å². The molecule has 0 N–H and O–H groups in total. The minimum absolute atomic E-state index is 0.416. The molecule has 0 radical (unpaired) electrons. The van der Waals surface area contributed by atoms with Gasteiger partial charge in [0.1, 0.15) is 11.5 Å². The summed E-state index contributed by atoms with van der Waals surface area (Å²) in [6, 6.07) is 17.9. The van der Waals surface area contributed by atoms with Gasteiger partial charge in [-0.15, -0.1) is 0 Å². The SMILES string of the molecule is CCCCCCCC1CCC(CC(C)(C#N)C(=O)Oc2ccc(-c3ccc(OCCCCCC)cc3)cc2)CC1. The summed E-state index contributed by atoms with van der Waals surface area (Å²) in [5.41, 5.74) is 0.997. The van der Waals surface area contributed by atoms with E-state index in [1.54, 1.807) is 6.92 Å². The number of rotatable bonds is 17. The molecule has 1 unspecified atom stereocenters. The lowest BCUT2D eigenvalue weighted by Crippen LogP contribution is -2.33. The van der Waals surface area contributed by atoms with Crippen LogP contribution in [-0.4, -0.2) is 12.6 Å². The monoisotopic (exact) mass is 545 g/mol. The molecule has 3 rings (SSSR count). The van der Waals surface area contributed by atoms with E-state index in [0.717, 1.165) is 48.7 Å². The highest BCUT2D eigenvalue weighted by Gasteiger charge is 2.39. The fourth-order valence-corrected chi connectivity index (χ4v) is 5.91. The van der Waals surface area contributed by atoms with Crippen LogP contribution in [-0.2, 0) is 4.79 Å². The van der Waals surface area contributed by atoms with Crippen LogP contribution in [0.1, 0.15) is 117 Å². The number of carbonyl (C=O) groups excluding carboxylic acids is 1. The van der Waals surface area contributed by atoms with Gasteiger partial charge in [-0.05, 0) is 67.0 Å². The first-order valence-corrected chi connectivity index (χ1v) is 15.9. The largest absolute Gasteiger partial charge is 0.494 e. The smallest absolute Gasteiger partial charge is 0.331 e. The van der Waals surface area contributed by atoms with Gasteiger partial charge < -0.3 is 9.47 Å². The Morgan fingerprint density at radius 3 is 1.88 bits per heavy atom. The lowest BCUT2D eigenvalue weighted by molar-refractivity contribution is -0.142. The second-order valence-electron chi connectivity index (χ2n) is 12.1. The second-order valence-corrected chi connectivity index (χ2v) is 12.1. The Bertz CT molecular complexity index is 1030. The van der Waals surface area contributed by atoms with E-state index < -0.39 is 11.4 Å². The molecule has 1 aliphatic carbocycles. The van der Waals surface area contributed by atoms with Crippen molar-refractivity contribution in [1.82, 2.24) is 0 Å². The fraction of sp³-hybridized carbons (Fsp3) is 0.611. The molecule has 1 aliphatic rings. The van der Waals surface area contributed by atoms with E-state index in [4.69, 9.17) is 9.47 Å². The van der Waals surface area contributed by atoms with E-state index in [1.807, 2.05) is 36.4 Å². The number of unbranched alkanes of at least 4 members (excludes halogenated alkanes) is 7. The molecule has 0 aliphatic heterocycles. The number of nitrogens with zero attached hydrogens (tertiary/aromatic N) is 1. The summed E-state index contributed by atoms with van der Waals surface area (Å²) in [5, 5.41) is 9.95. The van der Waals surface area contributed by atoms with Gasteiger partial charge in [0, 0.05) is 0 Å². The van der Waals surface area contributed by atoms with Crippen molar-refractivity contribution in [2.75, 3.05) is 6.61 Å². The summed E-state index contributed by atoms with van der Waals surface area (Å²) in [5.74, 6) is 2.16. The van der Waals surface area contributed by atoms with Gasteiger partial charge in [-0.3, -0.25) is 0 Å². The molecule has 0 heterocycles. The standard InChI is InChI=1S/C36H51NO3/c1-4-6-8-10-11-13-29-14-16-30(17-15-29)27-36(3,28-37)35(38)40-34-24-20-32(21-25-34)31-18-22-33(23-19-31)39-26-12-9-7-5-2/h18-25,29-30H,4-17,26-27H2,1-3H3. The summed E-state index contributed by atoms with van der Waals surface area (Å²) < 4.78 is 11.6. The molecule has 2 aromatic rings. The Morgan fingerprint density at radius 2 is 1.30 bits per heavy atom. The molecule has 1 atom stereocenters. The van der Waals surface area contributed by atoms with Crippen molar-refractivity contribution in [3.63, 3.8) is 0 Å². The van der Waals surface area contributed by atoms with Crippen LogP contribution >= 0.6 is 0 Å². The summed E-state index contributed by atoms with van der Waals surface area (Å²) >= 11 is 0. The van der Waals surface area contributed by atoms with Crippen LogP contribution in [0.3, 0.4) is 0 Å². The zero-order chi connectivity index (χ0) is 28.6. The van der Waals surface area contributed by atoms with E-state index in [0.29, 0.717) is 18.1 Å². The first-order valence-electron chi connectivity index (χ1n) is 15.9. The van der Waals surface area contributed by atoms with Crippen molar-refractivity contribution >= 4 is 5.97 Å². The topological polar surface area (TPSA) is 59.3 Å². The molecule has 1 fully saturated rings. The zero-order valence-electron chi connectivity index (χ0n) is 25.3. The van der Waals surface area contributed by atoms with Crippen LogP contribution in [0.15, 0.2) is 48.5 Å².